The van der Waals surface area contributed by atoms with Crippen molar-refractivity contribution < 1.29 is 0 Å². The lowest BCUT2D eigenvalue weighted by Crippen LogP contribution is -1.91. The van der Waals surface area contributed by atoms with Gasteiger partial charge in [0.05, 0.1) is 0 Å². The van der Waals surface area contributed by atoms with Crippen LogP contribution in [0.4, 0.5) is 0 Å². The highest BCUT2D eigenvalue weighted by Gasteiger charge is 2.17. The van der Waals surface area contributed by atoms with Gasteiger partial charge in [0.1, 0.15) is 0 Å². The third kappa shape index (κ3) is 4.38. The molecule has 214 valence electrons. The summed E-state index contributed by atoms with van der Waals surface area (Å²) >= 11 is 0. The molecule has 9 rings (SSSR count). The van der Waals surface area contributed by atoms with Crippen LogP contribution in [0.15, 0.2) is 182 Å². The largest absolute Gasteiger partial charge is 0.0616 e. The number of hydrogen-bond acceptors (Lipinski definition) is 0. The van der Waals surface area contributed by atoms with E-state index in [1.54, 1.807) is 0 Å². The van der Waals surface area contributed by atoms with Crippen molar-refractivity contribution in [3.05, 3.63) is 182 Å². The molecule has 0 aromatic heterocycles. The van der Waals surface area contributed by atoms with E-state index in [-0.39, 0.29) is 0 Å². The third-order valence-corrected chi connectivity index (χ3v) is 9.44. The van der Waals surface area contributed by atoms with Gasteiger partial charge in [-0.3, -0.25) is 0 Å². The highest BCUT2D eigenvalue weighted by Crippen LogP contribution is 2.44. The third-order valence-electron chi connectivity index (χ3n) is 9.44. The first kappa shape index (κ1) is 26.4. The van der Waals surface area contributed by atoms with E-state index in [9.17, 15) is 0 Å². The lowest BCUT2D eigenvalue weighted by molar-refractivity contribution is 1.60. The molecule has 0 spiro atoms. The Morgan fingerprint density at radius 1 is 0.217 bits per heavy atom. The van der Waals surface area contributed by atoms with Gasteiger partial charge in [-0.1, -0.05) is 170 Å². The molecule has 0 aliphatic rings. The molecule has 0 nitrogen and oxygen atoms in total. The molecular formula is C46H30. The van der Waals surface area contributed by atoms with Gasteiger partial charge in [-0.2, -0.15) is 0 Å². The summed E-state index contributed by atoms with van der Waals surface area (Å²) in [4.78, 5) is 0. The first-order valence-electron chi connectivity index (χ1n) is 15.9. The van der Waals surface area contributed by atoms with Crippen LogP contribution >= 0.6 is 0 Å². The molecule has 0 radical (unpaired) electrons. The van der Waals surface area contributed by atoms with Crippen LogP contribution in [0.25, 0.3) is 87.6 Å². The standard InChI is InChI=1S/C46H30/c1-2-13-35-30-38(28-25-31(35)11-1)46-43-20-7-5-18-41(43)45(42-19-6-8-21-44(42)46)37-16-9-15-36(29-37)32-23-26-34(27-24-32)40-22-10-14-33-12-3-4-17-39(33)40/h1-30H. The molecule has 0 N–H and O–H groups in total. The van der Waals surface area contributed by atoms with Crippen LogP contribution in [0.5, 0.6) is 0 Å². The van der Waals surface area contributed by atoms with Gasteiger partial charge in [-0.25, -0.2) is 0 Å². The molecule has 0 atom stereocenters. The van der Waals surface area contributed by atoms with Gasteiger partial charge in [0.25, 0.3) is 0 Å². The van der Waals surface area contributed by atoms with E-state index in [4.69, 9.17) is 0 Å². The topological polar surface area (TPSA) is 0 Å². The maximum atomic E-state index is 2.36. The van der Waals surface area contributed by atoms with Gasteiger partial charge in [-0.05, 0) is 99.7 Å². The van der Waals surface area contributed by atoms with Gasteiger partial charge in [0.2, 0.25) is 0 Å². The van der Waals surface area contributed by atoms with Crippen LogP contribution in [0.3, 0.4) is 0 Å². The van der Waals surface area contributed by atoms with Crippen molar-refractivity contribution in [1.29, 1.82) is 0 Å². The maximum Gasteiger partial charge on any atom is -0.00262 e. The molecule has 0 saturated heterocycles. The van der Waals surface area contributed by atoms with Crippen molar-refractivity contribution in [2.24, 2.45) is 0 Å². The van der Waals surface area contributed by atoms with Crippen LogP contribution in [0.1, 0.15) is 0 Å². The summed E-state index contributed by atoms with van der Waals surface area (Å²) in [7, 11) is 0. The Hall–Kier alpha value is -5.98. The normalized spacial score (nSPS) is 11.5. The molecule has 0 bridgehead atoms. The fourth-order valence-corrected chi connectivity index (χ4v) is 7.27. The molecular weight excluding hydrogens is 553 g/mol. The monoisotopic (exact) mass is 582 g/mol. The second kappa shape index (κ2) is 10.9. The minimum absolute atomic E-state index is 1.22. The van der Waals surface area contributed by atoms with Gasteiger partial charge in [0, 0.05) is 0 Å². The fourth-order valence-electron chi connectivity index (χ4n) is 7.27. The number of benzene rings is 9. The lowest BCUT2D eigenvalue weighted by Gasteiger charge is -2.18. The number of fused-ring (bicyclic) bond motifs is 4. The summed E-state index contributed by atoms with van der Waals surface area (Å²) in [5, 5.41) is 10.2. The zero-order chi connectivity index (χ0) is 30.5. The predicted octanol–water partition coefficient (Wildman–Crippen LogP) is 13.0. The molecule has 0 heteroatoms. The highest BCUT2D eigenvalue weighted by molar-refractivity contribution is 6.21. The maximum absolute atomic E-state index is 2.36. The Morgan fingerprint density at radius 3 is 1.35 bits per heavy atom. The summed E-state index contributed by atoms with van der Waals surface area (Å²) < 4.78 is 0. The Labute approximate surface area is 268 Å². The van der Waals surface area contributed by atoms with E-state index in [1.165, 1.54) is 87.6 Å². The lowest BCUT2D eigenvalue weighted by atomic mass is 9.85. The van der Waals surface area contributed by atoms with E-state index >= 15 is 0 Å². The van der Waals surface area contributed by atoms with Crippen molar-refractivity contribution in [2.45, 2.75) is 0 Å². The Kier molecular flexibility index (Phi) is 6.25. The average Bonchev–Trinajstić information content (AvgIpc) is 3.13. The Bertz CT molecular complexity index is 2510. The van der Waals surface area contributed by atoms with E-state index in [0.29, 0.717) is 0 Å². The molecule has 46 heavy (non-hydrogen) atoms. The van der Waals surface area contributed by atoms with Gasteiger partial charge >= 0.3 is 0 Å². The zero-order valence-electron chi connectivity index (χ0n) is 25.3. The van der Waals surface area contributed by atoms with Gasteiger partial charge < -0.3 is 0 Å². The number of hydrogen-bond donors (Lipinski definition) is 0. The smallest absolute Gasteiger partial charge is 0.00262 e. The van der Waals surface area contributed by atoms with Crippen LogP contribution in [0.2, 0.25) is 0 Å². The first-order valence-corrected chi connectivity index (χ1v) is 15.9. The van der Waals surface area contributed by atoms with Crippen LogP contribution in [-0.2, 0) is 0 Å². The minimum Gasteiger partial charge on any atom is -0.0616 e. The van der Waals surface area contributed by atoms with Crippen molar-refractivity contribution in [1.82, 2.24) is 0 Å². The molecule has 0 aliphatic heterocycles. The average molecular weight is 583 g/mol. The fraction of sp³-hybridized carbons (Fsp3) is 0. The van der Waals surface area contributed by atoms with Crippen LogP contribution in [-0.4, -0.2) is 0 Å². The quantitative estimate of drug-likeness (QED) is 0.181. The molecule has 0 unspecified atom stereocenters. The van der Waals surface area contributed by atoms with Crippen molar-refractivity contribution in [3.8, 4) is 44.5 Å². The summed E-state index contributed by atoms with van der Waals surface area (Å²) in [6.07, 6.45) is 0. The molecule has 0 amide bonds. The molecule has 0 fully saturated rings. The van der Waals surface area contributed by atoms with Gasteiger partial charge in [0.15, 0.2) is 0 Å². The summed E-state index contributed by atoms with van der Waals surface area (Å²) in [5.41, 5.74) is 9.98. The molecule has 0 aliphatic carbocycles. The van der Waals surface area contributed by atoms with E-state index in [0.717, 1.165) is 0 Å². The van der Waals surface area contributed by atoms with Crippen molar-refractivity contribution >= 4 is 43.1 Å². The van der Waals surface area contributed by atoms with Crippen LogP contribution < -0.4 is 0 Å². The molecule has 0 heterocycles. The summed E-state index contributed by atoms with van der Waals surface area (Å²) in [5.74, 6) is 0. The molecule has 9 aromatic carbocycles. The Morgan fingerprint density at radius 2 is 0.674 bits per heavy atom. The van der Waals surface area contributed by atoms with Crippen molar-refractivity contribution in [2.75, 3.05) is 0 Å². The second-order valence-electron chi connectivity index (χ2n) is 12.1. The van der Waals surface area contributed by atoms with Crippen molar-refractivity contribution in [3.63, 3.8) is 0 Å². The SMILES string of the molecule is c1cc(-c2ccc(-c3cccc4ccccc34)cc2)cc(-c2c3ccccc3c(-c3ccc4ccccc4c3)c3ccccc23)c1. The minimum atomic E-state index is 1.22. The second-order valence-corrected chi connectivity index (χ2v) is 12.1. The number of rotatable bonds is 4. The molecule has 9 aromatic rings. The Balaban J connectivity index is 1.19. The molecule has 0 saturated carbocycles. The van der Waals surface area contributed by atoms with E-state index < -0.39 is 0 Å². The van der Waals surface area contributed by atoms with E-state index in [2.05, 4.69) is 182 Å². The van der Waals surface area contributed by atoms with Gasteiger partial charge in [-0.15, -0.1) is 0 Å². The summed E-state index contributed by atoms with van der Waals surface area (Å²) in [6, 6.07) is 66.5. The summed E-state index contributed by atoms with van der Waals surface area (Å²) in [6.45, 7) is 0. The van der Waals surface area contributed by atoms with E-state index in [1.807, 2.05) is 0 Å². The zero-order valence-corrected chi connectivity index (χ0v) is 25.3. The van der Waals surface area contributed by atoms with Crippen LogP contribution in [0, 0.1) is 0 Å². The predicted molar refractivity (Wildman–Crippen MR) is 198 cm³/mol. The first-order chi connectivity index (χ1) is 22.8. The highest BCUT2D eigenvalue weighted by atomic mass is 14.2.